The van der Waals surface area contributed by atoms with Crippen LogP contribution in [0.5, 0.6) is 17.2 Å². The Morgan fingerprint density at radius 2 is 1.73 bits per heavy atom. The molecule has 1 aromatic heterocycles. The van der Waals surface area contributed by atoms with E-state index in [-0.39, 0.29) is 22.8 Å². The van der Waals surface area contributed by atoms with Crippen LogP contribution in [0.25, 0.3) is 17.0 Å². The SMILES string of the molecule is Cc1ccc(C=CC(=O)Oc2ccc3c(=O)c(Oc4ccccc4C(C)C)coc3c2)cc1. The first-order valence-corrected chi connectivity index (χ1v) is 10.7. The second-order valence-electron chi connectivity index (χ2n) is 8.05. The maximum Gasteiger partial charge on any atom is 0.336 e. The van der Waals surface area contributed by atoms with Crippen LogP contribution in [0.2, 0.25) is 0 Å². The Hall–Kier alpha value is -4.12. The molecule has 0 aliphatic rings. The summed E-state index contributed by atoms with van der Waals surface area (Å²) in [4.78, 5) is 25.1. The molecule has 5 heteroatoms. The number of hydrogen-bond acceptors (Lipinski definition) is 5. The Balaban J connectivity index is 1.53. The first-order chi connectivity index (χ1) is 15.9. The highest BCUT2D eigenvalue weighted by molar-refractivity contribution is 5.89. The zero-order chi connectivity index (χ0) is 23.4. The quantitative estimate of drug-likeness (QED) is 0.191. The number of hydrogen-bond donors (Lipinski definition) is 0. The predicted octanol–water partition coefficient (Wildman–Crippen LogP) is 6.64. The van der Waals surface area contributed by atoms with Crippen molar-refractivity contribution >= 4 is 23.0 Å². The van der Waals surface area contributed by atoms with Gasteiger partial charge in [0.1, 0.15) is 23.3 Å². The number of ether oxygens (including phenoxy) is 2. The number of carbonyl (C=O) groups excluding carboxylic acids is 1. The smallest absolute Gasteiger partial charge is 0.336 e. The molecule has 4 rings (SSSR count). The summed E-state index contributed by atoms with van der Waals surface area (Å²) < 4.78 is 16.9. The summed E-state index contributed by atoms with van der Waals surface area (Å²) in [6.07, 6.45) is 4.32. The second-order valence-corrected chi connectivity index (χ2v) is 8.05. The molecule has 0 N–H and O–H groups in total. The van der Waals surface area contributed by atoms with Gasteiger partial charge in [-0.2, -0.15) is 0 Å². The Morgan fingerprint density at radius 3 is 2.48 bits per heavy atom. The highest BCUT2D eigenvalue weighted by Gasteiger charge is 2.14. The first kappa shape index (κ1) is 22.1. The third-order valence-corrected chi connectivity index (χ3v) is 5.18. The predicted molar refractivity (Wildman–Crippen MR) is 129 cm³/mol. The van der Waals surface area contributed by atoms with E-state index in [1.54, 1.807) is 18.2 Å². The van der Waals surface area contributed by atoms with Crippen LogP contribution >= 0.6 is 0 Å². The van der Waals surface area contributed by atoms with Gasteiger partial charge in [-0.3, -0.25) is 4.79 Å². The van der Waals surface area contributed by atoms with Gasteiger partial charge in [-0.1, -0.05) is 61.9 Å². The Labute approximate surface area is 191 Å². The molecule has 166 valence electrons. The van der Waals surface area contributed by atoms with Crippen LogP contribution in [0.3, 0.4) is 0 Å². The van der Waals surface area contributed by atoms with Crippen LogP contribution in [-0.4, -0.2) is 5.97 Å². The molecule has 4 aromatic rings. The van der Waals surface area contributed by atoms with E-state index in [0.29, 0.717) is 16.7 Å². The Morgan fingerprint density at radius 1 is 0.970 bits per heavy atom. The fourth-order valence-electron chi connectivity index (χ4n) is 3.39. The average molecular weight is 440 g/mol. The van der Waals surface area contributed by atoms with Gasteiger partial charge >= 0.3 is 5.97 Å². The van der Waals surface area contributed by atoms with Crippen molar-refractivity contribution in [2.75, 3.05) is 0 Å². The van der Waals surface area contributed by atoms with Crippen molar-refractivity contribution in [1.82, 2.24) is 0 Å². The lowest BCUT2D eigenvalue weighted by atomic mass is 10.0. The van der Waals surface area contributed by atoms with Crippen molar-refractivity contribution in [3.63, 3.8) is 0 Å². The van der Waals surface area contributed by atoms with Crippen LogP contribution in [0.4, 0.5) is 0 Å². The highest BCUT2D eigenvalue weighted by atomic mass is 16.5. The van der Waals surface area contributed by atoms with Crippen LogP contribution in [0.15, 0.2) is 88.3 Å². The lowest BCUT2D eigenvalue weighted by Crippen LogP contribution is -2.07. The van der Waals surface area contributed by atoms with Crippen molar-refractivity contribution < 1.29 is 18.7 Å². The number of carbonyl (C=O) groups is 1. The van der Waals surface area contributed by atoms with Gasteiger partial charge in [-0.25, -0.2) is 4.79 Å². The molecular weight excluding hydrogens is 416 g/mol. The fourth-order valence-corrected chi connectivity index (χ4v) is 3.39. The normalized spacial score (nSPS) is 11.3. The summed E-state index contributed by atoms with van der Waals surface area (Å²) in [6, 6.07) is 20.0. The van der Waals surface area contributed by atoms with Crippen LogP contribution in [-0.2, 0) is 4.79 Å². The fraction of sp³-hybridized carbons (Fsp3) is 0.143. The minimum Gasteiger partial charge on any atom is -0.460 e. The number of aryl methyl sites for hydroxylation is 1. The maximum atomic E-state index is 12.9. The number of benzene rings is 3. The van der Waals surface area contributed by atoms with Crippen molar-refractivity contribution in [1.29, 1.82) is 0 Å². The van der Waals surface area contributed by atoms with E-state index in [0.717, 1.165) is 16.7 Å². The molecule has 0 radical (unpaired) electrons. The minimum atomic E-state index is -0.525. The highest BCUT2D eigenvalue weighted by Crippen LogP contribution is 2.30. The molecule has 0 saturated carbocycles. The summed E-state index contributed by atoms with van der Waals surface area (Å²) in [5.41, 5.74) is 3.04. The van der Waals surface area contributed by atoms with Gasteiger partial charge in [-0.15, -0.1) is 0 Å². The molecule has 1 heterocycles. The second kappa shape index (κ2) is 9.57. The third kappa shape index (κ3) is 5.21. The third-order valence-electron chi connectivity index (χ3n) is 5.18. The number of esters is 1. The topological polar surface area (TPSA) is 65.7 Å². The molecule has 5 nitrogen and oxygen atoms in total. The van der Waals surface area contributed by atoms with Crippen LogP contribution in [0, 0.1) is 6.92 Å². The van der Waals surface area contributed by atoms with Crippen molar-refractivity contribution in [2.24, 2.45) is 0 Å². The molecule has 3 aromatic carbocycles. The largest absolute Gasteiger partial charge is 0.460 e. The van der Waals surface area contributed by atoms with E-state index in [1.807, 2.05) is 55.5 Å². The Bertz CT molecular complexity index is 1380. The molecule has 0 spiro atoms. The minimum absolute atomic E-state index is 0.0985. The van der Waals surface area contributed by atoms with Gasteiger partial charge < -0.3 is 13.9 Å². The standard InChI is InChI=1S/C28H24O5/c1-18(2)22-6-4-5-7-24(22)33-26-17-31-25-16-21(13-14-23(25)28(26)30)32-27(29)15-12-20-10-8-19(3)9-11-20/h4-18H,1-3H3. The summed E-state index contributed by atoms with van der Waals surface area (Å²) in [6.45, 7) is 6.12. The molecule has 33 heavy (non-hydrogen) atoms. The number of para-hydroxylation sites is 1. The van der Waals surface area contributed by atoms with Gasteiger partial charge in [0.05, 0.1) is 5.39 Å². The average Bonchev–Trinajstić information content (AvgIpc) is 2.81. The van der Waals surface area contributed by atoms with Gasteiger partial charge in [-0.05, 0) is 48.2 Å². The van der Waals surface area contributed by atoms with Gasteiger partial charge in [0, 0.05) is 12.1 Å². The molecule has 0 aliphatic carbocycles. The summed E-state index contributed by atoms with van der Waals surface area (Å²) in [5, 5.41) is 0.338. The molecule has 0 bridgehead atoms. The first-order valence-electron chi connectivity index (χ1n) is 10.7. The maximum absolute atomic E-state index is 12.9. The molecule has 0 unspecified atom stereocenters. The number of rotatable bonds is 6. The number of fused-ring (bicyclic) bond motifs is 1. The van der Waals surface area contributed by atoms with E-state index in [2.05, 4.69) is 13.8 Å². The summed E-state index contributed by atoms with van der Waals surface area (Å²) >= 11 is 0. The van der Waals surface area contributed by atoms with Gasteiger partial charge in [0.25, 0.3) is 0 Å². The summed E-state index contributed by atoms with van der Waals surface area (Å²) in [7, 11) is 0. The monoisotopic (exact) mass is 440 g/mol. The molecule has 0 fully saturated rings. The molecule has 0 aliphatic heterocycles. The molecule has 0 saturated heterocycles. The van der Waals surface area contributed by atoms with Crippen LogP contribution in [0.1, 0.15) is 36.5 Å². The van der Waals surface area contributed by atoms with E-state index < -0.39 is 5.97 Å². The van der Waals surface area contributed by atoms with Crippen molar-refractivity contribution in [2.45, 2.75) is 26.7 Å². The molecule has 0 amide bonds. The van der Waals surface area contributed by atoms with E-state index in [4.69, 9.17) is 13.9 Å². The zero-order valence-corrected chi connectivity index (χ0v) is 18.7. The lowest BCUT2D eigenvalue weighted by Gasteiger charge is -2.13. The van der Waals surface area contributed by atoms with Gasteiger partial charge in [0.2, 0.25) is 11.2 Å². The van der Waals surface area contributed by atoms with Crippen molar-refractivity contribution in [3.05, 3.63) is 106 Å². The van der Waals surface area contributed by atoms with E-state index in [1.165, 1.54) is 18.4 Å². The van der Waals surface area contributed by atoms with E-state index in [9.17, 15) is 9.59 Å². The zero-order valence-electron chi connectivity index (χ0n) is 18.7. The van der Waals surface area contributed by atoms with E-state index >= 15 is 0 Å². The summed E-state index contributed by atoms with van der Waals surface area (Å²) in [5.74, 6) is 0.711. The van der Waals surface area contributed by atoms with Crippen molar-refractivity contribution in [3.8, 4) is 17.2 Å². The van der Waals surface area contributed by atoms with Crippen LogP contribution < -0.4 is 14.9 Å². The van der Waals surface area contributed by atoms with Gasteiger partial charge in [0.15, 0.2) is 0 Å². The molecule has 0 atom stereocenters. The lowest BCUT2D eigenvalue weighted by molar-refractivity contribution is -0.128. The Kier molecular flexibility index (Phi) is 6.41. The molecular formula is C28H24O5.